The van der Waals surface area contributed by atoms with Gasteiger partial charge in [0, 0.05) is 0 Å². The van der Waals surface area contributed by atoms with Crippen LogP contribution in [0.5, 0.6) is 0 Å². The van der Waals surface area contributed by atoms with Gasteiger partial charge in [-0.15, -0.1) is 0 Å². The summed E-state index contributed by atoms with van der Waals surface area (Å²) in [5.74, 6) is 0. The lowest BCUT2D eigenvalue weighted by atomic mass is 9.83. The molecule has 0 radical (unpaired) electrons. The molecule has 0 aromatic heterocycles. The van der Waals surface area contributed by atoms with Gasteiger partial charge in [-0.1, -0.05) is 145 Å². The Bertz CT molecular complexity index is 618. The topological polar surface area (TPSA) is 0 Å². The summed E-state index contributed by atoms with van der Waals surface area (Å²) in [5, 5.41) is 2.39. The maximum Gasteiger partial charge on any atom is -0.0221 e. The minimum atomic E-state index is 0. The smallest absolute Gasteiger partial charge is 0.0221 e. The van der Waals surface area contributed by atoms with Crippen molar-refractivity contribution in [2.24, 2.45) is 10.8 Å². The zero-order valence-corrected chi connectivity index (χ0v) is 26.2. The maximum atomic E-state index is 4.24. The van der Waals surface area contributed by atoms with Gasteiger partial charge in [0.1, 0.15) is 0 Å². The van der Waals surface area contributed by atoms with Gasteiger partial charge < -0.3 is 0 Å². The summed E-state index contributed by atoms with van der Waals surface area (Å²) in [6, 6.07) is 0. The van der Waals surface area contributed by atoms with Crippen molar-refractivity contribution in [1.82, 2.24) is 0 Å². The van der Waals surface area contributed by atoms with Crippen LogP contribution < -0.4 is 10.4 Å². The first-order chi connectivity index (χ1) is 14.7. The zero-order chi connectivity index (χ0) is 27.3. The molecular formula is C34H74. The molecule has 1 aromatic rings. The van der Waals surface area contributed by atoms with Crippen LogP contribution in [0.2, 0.25) is 0 Å². The van der Waals surface area contributed by atoms with Crippen LogP contribution in [0.4, 0.5) is 0 Å². The van der Waals surface area contributed by atoms with Crippen LogP contribution in [0.1, 0.15) is 160 Å². The molecule has 0 nitrogen and oxygen atoms in total. The van der Waals surface area contributed by atoms with Gasteiger partial charge in [-0.2, -0.15) is 0 Å². The van der Waals surface area contributed by atoms with Gasteiger partial charge in [0.2, 0.25) is 0 Å². The van der Waals surface area contributed by atoms with Gasteiger partial charge in [0.05, 0.1) is 0 Å². The maximum absolute atomic E-state index is 4.24. The van der Waals surface area contributed by atoms with Gasteiger partial charge in [-0.25, -0.2) is 0 Å². The molecule has 0 fully saturated rings. The van der Waals surface area contributed by atoms with E-state index >= 15 is 0 Å². The van der Waals surface area contributed by atoms with E-state index in [4.69, 9.17) is 0 Å². The lowest BCUT2D eigenvalue weighted by Gasteiger charge is -2.22. The van der Waals surface area contributed by atoms with Crippen molar-refractivity contribution < 1.29 is 0 Å². The van der Waals surface area contributed by atoms with Crippen LogP contribution in [0, 0.1) is 31.6 Å². The molecule has 0 amide bonds. The number of hydrogen-bond acceptors (Lipinski definition) is 0. The first-order valence-electron chi connectivity index (χ1n) is 13.5. The molecule has 0 aliphatic rings. The highest BCUT2D eigenvalue weighted by molar-refractivity contribution is 5.42. The molecule has 0 heterocycles. The SMILES string of the molecule is C.C.C=c1c(C)c(C)c(=C)c(CC(C)(C)C)c1C.CC.CC.CC.CC.CCCCC(C)(C)C. The summed E-state index contributed by atoms with van der Waals surface area (Å²) in [5.41, 5.74) is 6.15. The number of unbranched alkanes of at least 4 members (excludes halogenated alkanes) is 1. The van der Waals surface area contributed by atoms with E-state index in [0.717, 1.165) is 6.42 Å². The highest BCUT2D eigenvalue weighted by atomic mass is 14.2. The highest BCUT2D eigenvalue weighted by Crippen LogP contribution is 2.21. The van der Waals surface area contributed by atoms with Gasteiger partial charge in [-0.05, 0) is 77.1 Å². The Morgan fingerprint density at radius 3 is 1.12 bits per heavy atom. The minimum absolute atomic E-state index is 0. The Hall–Kier alpha value is -1.04. The average molecular weight is 483 g/mol. The Balaban J connectivity index is -0.0000000693. The van der Waals surface area contributed by atoms with E-state index in [2.05, 4.69) is 82.4 Å². The third kappa shape index (κ3) is 25.6. The number of benzene rings is 1. The monoisotopic (exact) mass is 483 g/mol. The van der Waals surface area contributed by atoms with Crippen LogP contribution >= 0.6 is 0 Å². The molecule has 1 rings (SSSR count). The van der Waals surface area contributed by atoms with E-state index in [1.165, 1.54) is 52.0 Å². The Labute approximate surface area is 221 Å². The molecule has 0 aliphatic heterocycles. The van der Waals surface area contributed by atoms with E-state index < -0.39 is 0 Å². The summed E-state index contributed by atoms with van der Waals surface area (Å²) < 4.78 is 0. The van der Waals surface area contributed by atoms with Crippen molar-refractivity contribution in [3.05, 3.63) is 32.7 Å². The van der Waals surface area contributed by atoms with Gasteiger partial charge in [0.25, 0.3) is 0 Å². The molecular weight excluding hydrogens is 408 g/mol. The van der Waals surface area contributed by atoms with Crippen molar-refractivity contribution in [3.8, 4) is 0 Å². The van der Waals surface area contributed by atoms with E-state index in [0.29, 0.717) is 10.8 Å². The predicted molar refractivity (Wildman–Crippen MR) is 172 cm³/mol. The second-order valence-corrected chi connectivity index (χ2v) is 9.71. The molecule has 0 aliphatic carbocycles. The Morgan fingerprint density at radius 2 is 0.882 bits per heavy atom. The first-order valence-corrected chi connectivity index (χ1v) is 13.5. The normalized spacial score (nSPS) is 9.12. The summed E-state index contributed by atoms with van der Waals surface area (Å²) in [4.78, 5) is 0. The van der Waals surface area contributed by atoms with Crippen LogP contribution in [0.3, 0.4) is 0 Å². The van der Waals surface area contributed by atoms with Crippen molar-refractivity contribution >= 4 is 13.2 Å². The van der Waals surface area contributed by atoms with Crippen LogP contribution in [0.15, 0.2) is 0 Å². The minimum Gasteiger partial charge on any atom is -0.0912 e. The molecule has 0 saturated carbocycles. The standard InChI is InChI=1S/C16H24.C8H18.4C2H6.2CH4/c1-10-11(2)13(4)15(9-16(6,7)8)14(5)12(10)3;1-5-6-7-8(2,3)4;4*1-2;;/h2,5,9H2,1,3-4,6-8H3;5-7H2,1-4H3;4*1-2H3;2*1H4. The van der Waals surface area contributed by atoms with Crippen molar-refractivity contribution in [2.45, 2.75) is 165 Å². The van der Waals surface area contributed by atoms with Crippen LogP contribution in [-0.2, 0) is 6.42 Å². The van der Waals surface area contributed by atoms with Crippen molar-refractivity contribution in [2.75, 3.05) is 0 Å². The molecule has 1 aromatic carbocycles. The van der Waals surface area contributed by atoms with E-state index in [9.17, 15) is 0 Å². The molecule has 210 valence electrons. The van der Waals surface area contributed by atoms with Crippen molar-refractivity contribution in [3.63, 3.8) is 0 Å². The van der Waals surface area contributed by atoms with E-state index in [1.807, 2.05) is 55.4 Å². The summed E-state index contributed by atoms with van der Waals surface area (Å²) >= 11 is 0. The largest absolute Gasteiger partial charge is 0.0912 e. The van der Waals surface area contributed by atoms with Crippen molar-refractivity contribution in [1.29, 1.82) is 0 Å². The quantitative estimate of drug-likeness (QED) is 0.401. The average Bonchev–Trinajstić information content (AvgIpc) is 2.77. The molecule has 0 saturated heterocycles. The predicted octanol–water partition coefficient (Wildman–Crippen LogP) is 11.6. The summed E-state index contributed by atoms with van der Waals surface area (Å²) in [6.45, 7) is 46.8. The van der Waals surface area contributed by atoms with Crippen LogP contribution in [-0.4, -0.2) is 0 Å². The van der Waals surface area contributed by atoms with Crippen LogP contribution in [0.25, 0.3) is 13.2 Å². The van der Waals surface area contributed by atoms with Gasteiger partial charge in [-0.3, -0.25) is 0 Å². The number of hydrogen-bond donors (Lipinski definition) is 0. The lowest BCUT2D eigenvalue weighted by molar-refractivity contribution is 0.363. The molecule has 0 atom stereocenters. The van der Waals surface area contributed by atoms with E-state index in [1.54, 1.807) is 0 Å². The third-order valence-electron chi connectivity index (χ3n) is 4.72. The zero-order valence-electron chi connectivity index (χ0n) is 26.2. The fourth-order valence-electron chi connectivity index (χ4n) is 2.85. The second-order valence-electron chi connectivity index (χ2n) is 9.71. The number of rotatable bonds is 3. The third-order valence-corrected chi connectivity index (χ3v) is 4.72. The Morgan fingerprint density at radius 1 is 0.559 bits per heavy atom. The fraction of sp³-hybridized carbons (Fsp3) is 0.765. The molecule has 0 bridgehead atoms. The summed E-state index contributed by atoms with van der Waals surface area (Å²) in [7, 11) is 0. The summed E-state index contributed by atoms with van der Waals surface area (Å²) in [6.07, 6.45) is 5.14. The molecule has 0 N–H and O–H groups in total. The first kappa shape index (κ1) is 50.0. The van der Waals surface area contributed by atoms with E-state index in [-0.39, 0.29) is 14.9 Å². The molecule has 0 spiro atoms. The Kier molecular flexibility index (Phi) is 41.4. The van der Waals surface area contributed by atoms with Gasteiger partial charge >= 0.3 is 0 Å². The lowest BCUT2D eigenvalue weighted by Crippen LogP contribution is -2.27. The van der Waals surface area contributed by atoms with Gasteiger partial charge in [0.15, 0.2) is 0 Å². The molecule has 0 unspecified atom stereocenters. The second kappa shape index (κ2) is 28.2. The molecule has 34 heavy (non-hydrogen) atoms. The fourth-order valence-corrected chi connectivity index (χ4v) is 2.85. The molecule has 0 heteroatoms. The highest BCUT2D eigenvalue weighted by Gasteiger charge is 2.15.